The van der Waals surface area contributed by atoms with Crippen LogP contribution in [0, 0.1) is 11.8 Å². The minimum absolute atomic E-state index is 0.0337. The van der Waals surface area contributed by atoms with Crippen molar-refractivity contribution in [2.75, 3.05) is 13.7 Å². The number of nitrogens with one attached hydrogen (secondary N) is 2. The van der Waals surface area contributed by atoms with E-state index in [1.807, 2.05) is 37.7 Å². The summed E-state index contributed by atoms with van der Waals surface area (Å²) in [7, 11) is 1.57. The highest BCUT2D eigenvalue weighted by atomic mass is 16.5. The summed E-state index contributed by atoms with van der Waals surface area (Å²) < 4.78 is 6.93. The van der Waals surface area contributed by atoms with Crippen molar-refractivity contribution in [1.29, 1.82) is 0 Å². The van der Waals surface area contributed by atoms with Crippen LogP contribution >= 0.6 is 0 Å². The van der Waals surface area contributed by atoms with Crippen molar-refractivity contribution in [3.05, 3.63) is 48.3 Å². The molecule has 0 spiro atoms. The second kappa shape index (κ2) is 9.75. The molecule has 7 nitrogen and oxygen atoms in total. The van der Waals surface area contributed by atoms with Gasteiger partial charge in [-0.15, -0.1) is 0 Å². The van der Waals surface area contributed by atoms with Crippen molar-refractivity contribution in [3.63, 3.8) is 0 Å². The van der Waals surface area contributed by atoms with Crippen LogP contribution in [0.4, 0.5) is 0 Å². The number of ether oxygens (including phenoxy) is 1. The summed E-state index contributed by atoms with van der Waals surface area (Å²) in [5, 5.41) is 9.94. The van der Waals surface area contributed by atoms with Gasteiger partial charge in [0, 0.05) is 31.0 Å². The van der Waals surface area contributed by atoms with Gasteiger partial charge < -0.3 is 15.4 Å². The lowest BCUT2D eigenvalue weighted by Gasteiger charge is -2.23. The molecule has 0 saturated carbocycles. The Morgan fingerprint density at radius 3 is 2.44 bits per heavy atom. The first-order chi connectivity index (χ1) is 12.9. The normalized spacial score (nSPS) is 13.1. The minimum Gasteiger partial charge on any atom is -0.497 e. The maximum absolute atomic E-state index is 12.6. The lowest BCUT2D eigenvalue weighted by atomic mass is 10.0. The molecule has 1 aromatic carbocycles. The zero-order valence-electron chi connectivity index (χ0n) is 16.3. The first-order valence-corrected chi connectivity index (χ1v) is 9.10. The first kappa shape index (κ1) is 20.5. The number of hydrogen-bond donors (Lipinski definition) is 2. The third kappa shape index (κ3) is 6.13. The molecule has 0 fully saturated rings. The molecule has 2 amide bonds. The Morgan fingerprint density at radius 2 is 1.89 bits per heavy atom. The molecule has 0 aliphatic heterocycles. The van der Waals surface area contributed by atoms with Crippen LogP contribution in [0.15, 0.2) is 42.7 Å². The van der Waals surface area contributed by atoms with E-state index in [2.05, 4.69) is 15.7 Å². The fourth-order valence-corrected chi connectivity index (χ4v) is 2.68. The molecule has 2 aromatic rings. The van der Waals surface area contributed by atoms with Gasteiger partial charge in [0.15, 0.2) is 0 Å². The van der Waals surface area contributed by atoms with Crippen molar-refractivity contribution in [3.8, 4) is 5.75 Å². The molecule has 1 aromatic heterocycles. The lowest BCUT2D eigenvalue weighted by Crippen LogP contribution is -2.50. The maximum atomic E-state index is 12.6. The summed E-state index contributed by atoms with van der Waals surface area (Å²) in [6, 6.07) is 8.06. The molecule has 0 bridgehead atoms. The number of rotatable bonds is 9. The van der Waals surface area contributed by atoms with Gasteiger partial charge in [0.25, 0.3) is 5.91 Å². The number of hydrogen-bond acceptors (Lipinski definition) is 4. The summed E-state index contributed by atoms with van der Waals surface area (Å²) in [6.45, 7) is 7.10. The highest BCUT2D eigenvalue weighted by Gasteiger charge is 2.24. The smallest absolute Gasteiger partial charge is 0.251 e. The third-order valence-corrected chi connectivity index (χ3v) is 4.27. The Bertz CT molecular complexity index is 726. The Morgan fingerprint density at radius 1 is 1.19 bits per heavy atom. The van der Waals surface area contributed by atoms with E-state index in [1.165, 1.54) is 0 Å². The average molecular weight is 372 g/mol. The van der Waals surface area contributed by atoms with Gasteiger partial charge in [0.1, 0.15) is 11.8 Å². The van der Waals surface area contributed by atoms with E-state index < -0.39 is 6.04 Å². The van der Waals surface area contributed by atoms with Crippen LogP contribution in [-0.2, 0) is 11.3 Å². The van der Waals surface area contributed by atoms with Gasteiger partial charge in [-0.05, 0) is 42.2 Å². The predicted molar refractivity (Wildman–Crippen MR) is 103 cm³/mol. The largest absolute Gasteiger partial charge is 0.497 e. The van der Waals surface area contributed by atoms with E-state index >= 15 is 0 Å². The van der Waals surface area contributed by atoms with Gasteiger partial charge in [0.05, 0.1) is 7.11 Å². The van der Waals surface area contributed by atoms with E-state index in [0.717, 1.165) is 6.54 Å². The SMILES string of the molecule is COc1ccc(C(=O)NC(C(=O)NCC(C)Cn2cccn2)C(C)C)cc1. The Balaban J connectivity index is 1.90. The third-order valence-electron chi connectivity index (χ3n) is 4.27. The highest BCUT2D eigenvalue weighted by molar-refractivity contribution is 5.97. The second-order valence-electron chi connectivity index (χ2n) is 7.00. The maximum Gasteiger partial charge on any atom is 0.251 e. The van der Waals surface area contributed by atoms with Crippen LogP contribution in [0.1, 0.15) is 31.1 Å². The number of carbonyl (C=O) groups is 2. The highest BCUT2D eigenvalue weighted by Crippen LogP contribution is 2.12. The monoisotopic (exact) mass is 372 g/mol. The number of amides is 2. The van der Waals surface area contributed by atoms with Crippen molar-refractivity contribution in [1.82, 2.24) is 20.4 Å². The molecule has 146 valence electrons. The zero-order valence-corrected chi connectivity index (χ0v) is 16.3. The molecule has 2 atom stereocenters. The average Bonchev–Trinajstić information content (AvgIpc) is 3.16. The van der Waals surface area contributed by atoms with Gasteiger partial charge in [-0.2, -0.15) is 5.10 Å². The molecule has 0 aliphatic rings. The Kier molecular flexibility index (Phi) is 7.40. The van der Waals surface area contributed by atoms with E-state index in [0.29, 0.717) is 17.9 Å². The summed E-state index contributed by atoms with van der Waals surface area (Å²) in [5.41, 5.74) is 0.487. The topological polar surface area (TPSA) is 85.2 Å². The van der Waals surface area contributed by atoms with E-state index in [9.17, 15) is 9.59 Å². The molecule has 0 radical (unpaired) electrons. The van der Waals surface area contributed by atoms with Crippen molar-refractivity contribution in [2.45, 2.75) is 33.4 Å². The van der Waals surface area contributed by atoms with Crippen LogP contribution in [0.3, 0.4) is 0 Å². The molecule has 2 N–H and O–H groups in total. The molecular weight excluding hydrogens is 344 g/mol. The second-order valence-corrected chi connectivity index (χ2v) is 7.00. The molecular formula is C20H28N4O3. The lowest BCUT2D eigenvalue weighted by molar-refractivity contribution is -0.124. The van der Waals surface area contributed by atoms with Gasteiger partial charge in [-0.3, -0.25) is 14.3 Å². The van der Waals surface area contributed by atoms with Crippen LogP contribution in [0.2, 0.25) is 0 Å². The Hall–Kier alpha value is -2.83. The van der Waals surface area contributed by atoms with E-state index in [-0.39, 0.29) is 23.7 Å². The molecule has 0 aliphatic carbocycles. The summed E-state index contributed by atoms with van der Waals surface area (Å²) in [4.78, 5) is 25.1. The van der Waals surface area contributed by atoms with Crippen molar-refractivity contribution >= 4 is 11.8 Å². The number of nitrogens with zero attached hydrogens (tertiary/aromatic N) is 2. The quantitative estimate of drug-likeness (QED) is 0.706. The first-order valence-electron chi connectivity index (χ1n) is 9.10. The fraction of sp³-hybridized carbons (Fsp3) is 0.450. The summed E-state index contributed by atoms with van der Waals surface area (Å²) in [6.07, 6.45) is 3.62. The van der Waals surface area contributed by atoms with Crippen LogP contribution < -0.4 is 15.4 Å². The Labute approximate surface area is 160 Å². The summed E-state index contributed by atoms with van der Waals surface area (Å²) >= 11 is 0. The number of aromatic nitrogens is 2. The predicted octanol–water partition coefficient (Wildman–Crippen LogP) is 2.10. The zero-order chi connectivity index (χ0) is 19.8. The van der Waals surface area contributed by atoms with Gasteiger partial charge >= 0.3 is 0 Å². The number of carbonyl (C=O) groups excluding carboxylic acids is 2. The summed E-state index contributed by atoms with van der Waals surface area (Å²) in [5.74, 6) is 0.402. The van der Waals surface area contributed by atoms with Gasteiger partial charge in [0.2, 0.25) is 5.91 Å². The molecule has 27 heavy (non-hydrogen) atoms. The molecule has 0 saturated heterocycles. The molecule has 2 unspecified atom stereocenters. The van der Waals surface area contributed by atoms with E-state index in [4.69, 9.17) is 4.74 Å². The van der Waals surface area contributed by atoms with Crippen molar-refractivity contribution in [2.24, 2.45) is 11.8 Å². The van der Waals surface area contributed by atoms with E-state index in [1.54, 1.807) is 37.6 Å². The molecule has 1 heterocycles. The van der Waals surface area contributed by atoms with Crippen LogP contribution in [0.5, 0.6) is 5.75 Å². The number of benzene rings is 1. The van der Waals surface area contributed by atoms with Gasteiger partial charge in [-0.25, -0.2) is 0 Å². The number of methoxy groups -OCH3 is 1. The van der Waals surface area contributed by atoms with Crippen LogP contribution in [0.25, 0.3) is 0 Å². The fourth-order valence-electron chi connectivity index (χ4n) is 2.68. The van der Waals surface area contributed by atoms with Gasteiger partial charge in [-0.1, -0.05) is 20.8 Å². The van der Waals surface area contributed by atoms with Crippen LogP contribution in [-0.4, -0.2) is 41.3 Å². The standard InChI is InChI=1S/C20H28N4O3/c1-14(2)18(23-19(25)16-6-8-17(27-4)9-7-16)20(26)21-12-15(3)13-24-11-5-10-22-24/h5-11,14-15,18H,12-13H2,1-4H3,(H,21,26)(H,23,25). The van der Waals surface area contributed by atoms with Crippen molar-refractivity contribution < 1.29 is 14.3 Å². The minimum atomic E-state index is -0.600. The molecule has 7 heteroatoms. The molecule has 2 rings (SSSR count).